The largest absolute Gasteiger partial charge is 0.481 e. The number of halogens is 2. The van der Waals surface area contributed by atoms with Crippen LogP contribution < -0.4 is 10.5 Å². The normalized spacial score (nSPS) is 20.6. The number of likely N-dealkylation sites (tertiary alicyclic amines) is 1. The number of hydrogen-bond acceptors (Lipinski definition) is 3. The standard InChI is InChI=1S/C14H18F2N2O2/c1-9(14(19)18-6-2-3-10(17)8-18)20-11-4-5-12(15)13(16)7-11/h4-5,7,9-10H,2-3,6,8,17H2,1H3. The minimum Gasteiger partial charge on any atom is -0.481 e. The monoisotopic (exact) mass is 284 g/mol. The molecular formula is C14H18F2N2O2. The highest BCUT2D eigenvalue weighted by molar-refractivity contribution is 5.81. The predicted molar refractivity (Wildman–Crippen MR) is 70.2 cm³/mol. The molecule has 2 atom stereocenters. The van der Waals surface area contributed by atoms with Crippen LogP contribution in [0.4, 0.5) is 8.78 Å². The van der Waals surface area contributed by atoms with Gasteiger partial charge in [0.2, 0.25) is 0 Å². The Balaban J connectivity index is 1.98. The molecule has 0 spiro atoms. The molecular weight excluding hydrogens is 266 g/mol. The van der Waals surface area contributed by atoms with E-state index >= 15 is 0 Å². The fourth-order valence-electron chi connectivity index (χ4n) is 2.27. The molecule has 1 heterocycles. The van der Waals surface area contributed by atoms with Crippen LogP contribution in [0.25, 0.3) is 0 Å². The van der Waals surface area contributed by atoms with Crippen molar-refractivity contribution in [2.45, 2.75) is 31.9 Å². The smallest absolute Gasteiger partial charge is 0.263 e. The maximum Gasteiger partial charge on any atom is 0.263 e. The molecule has 4 nitrogen and oxygen atoms in total. The van der Waals surface area contributed by atoms with E-state index in [1.54, 1.807) is 11.8 Å². The van der Waals surface area contributed by atoms with Gasteiger partial charge in [0, 0.05) is 25.2 Å². The summed E-state index contributed by atoms with van der Waals surface area (Å²) in [5, 5.41) is 0. The number of ether oxygens (including phenoxy) is 1. The van der Waals surface area contributed by atoms with Crippen molar-refractivity contribution >= 4 is 5.91 Å². The molecule has 1 fully saturated rings. The van der Waals surface area contributed by atoms with Gasteiger partial charge >= 0.3 is 0 Å². The molecule has 0 radical (unpaired) electrons. The van der Waals surface area contributed by atoms with Gasteiger partial charge in [-0.25, -0.2) is 8.78 Å². The summed E-state index contributed by atoms with van der Waals surface area (Å²) >= 11 is 0. The van der Waals surface area contributed by atoms with Gasteiger partial charge in [0.15, 0.2) is 17.7 Å². The molecule has 1 amide bonds. The van der Waals surface area contributed by atoms with Crippen LogP contribution >= 0.6 is 0 Å². The summed E-state index contributed by atoms with van der Waals surface area (Å²) in [5.74, 6) is -2.00. The van der Waals surface area contributed by atoms with Crippen LogP contribution in [0.5, 0.6) is 5.75 Å². The van der Waals surface area contributed by atoms with E-state index in [9.17, 15) is 13.6 Å². The van der Waals surface area contributed by atoms with E-state index in [4.69, 9.17) is 10.5 Å². The van der Waals surface area contributed by atoms with Gasteiger partial charge in [0.1, 0.15) is 5.75 Å². The highest BCUT2D eigenvalue weighted by atomic mass is 19.2. The number of nitrogens with two attached hydrogens (primary N) is 1. The Morgan fingerprint density at radius 3 is 2.85 bits per heavy atom. The van der Waals surface area contributed by atoms with Crippen molar-refractivity contribution < 1.29 is 18.3 Å². The number of nitrogens with zero attached hydrogens (tertiary/aromatic N) is 1. The third-order valence-corrected chi connectivity index (χ3v) is 3.32. The second-order valence-corrected chi connectivity index (χ2v) is 5.02. The van der Waals surface area contributed by atoms with Gasteiger partial charge < -0.3 is 15.4 Å². The number of carbonyl (C=O) groups is 1. The van der Waals surface area contributed by atoms with Crippen molar-refractivity contribution in [1.82, 2.24) is 4.90 Å². The van der Waals surface area contributed by atoms with Crippen LogP contribution in [0.2, 0.25) is 0 Å². The Morgan fingerprint density at radius 2 is 2.20 bits per heavy atom. The lowest BCUT2D eigenvalue weighted by molar-refractivity contribution is -0.139. The molecule has 110 valence electrons. The molecule has 1 saturated heterocycles. The molecule has 2 rings (SSSR count). The minimum absolute atomic E-state index is 0.0110. The molecule has 0 aromatic heterocycles. The maximum atomic E-state index is 13.1. The maximum absolute atomic E-state index is 13.1. The number of piperidine rings is 1. The molecule has 6 heteroatoms. The number of hydrogen-bond donors (Lipinski definition) is 1. The number of carbonyl (C=O) groups excluding carboxylic acids is 1. The van der Waals surface area contributed by atoms with Gasteiger partial charge in [-0.15, -0.1) is 0 Å². The van der Waals surface area contributed by atoms with E-state index in [1.165, 1.54) is 6.07 Å². The molecule has 2 N–H and O–H groups in total. The van der Waals surface area contributed by atoms with E-state index in [2.05, 4.69) is 0 Å². The van der Waals surface area contributed by atoms with Crippen molar-refractivity contribution in [3.05, 3.63) is 29.8 Å². The van der Waals surface area contributed by atoms with Crippen molar-refractivity contribution in [3.8, 4) is 5.75 Å². The van der Waals surface area contributed by atoms with Crippen LogP contribution in [-0.4, -0.2) is 36.0 Å². The van der Waals surface area contributed by atoms with E-state index in [-0.39, 0.29) is 17.7 Å². The molecule has 1 aromatic carbocycles. The van der Waals surface area contributed by atoms with Gasteiger partial charge in [-0.3, -0.25) is 4.79 Å². The summed E-state index contributed by atoms with van der Waals surface area (Å²) in [7, 11) is 0. The lowest BCUT2D eigenvalue weighted by atomic mass is 10.1. The third-order valence-electron chi connectivity index (χ3n) is 3.32. The lowest BCUT2D eigenvalue weighted by Gasteiger charge is -2.32. The van der Waals surface area contributed by atoms with E-state index in [0.29, 0.717) is 13.1 Å². The van der Waals surface area contributed by atoms with E-state index < -0.39 is 17.7 Å². The highest BCUT2D eigenvalue weighted by Crippen LogP contribution is 2.18. The Kier molecular flexibility index (Phi) is 4.54. The number of rotatable bonds is 3. The lowest BCUT2D eigenvalue weighted by Crippen LogP contribution is -2.49. The third kappa shape index (κ3) is 3.45. The van der Waals surface area contributed by atoms with Crippen molar-refractivity contribution in [3.63, 3.8) is 0 Å². The van der Waals surface area contributed by atoms with E-state index in [0.717, 1.165) is 25.0 Å². The first-order valence-corrected chi connectivity index (χ1v) is 6.63. The Bertz CT molecular complexity index is 496. The molecule has 1 aliphatic rings. The summed E-state index contributed by atoms with van der Waals surface area (Å²) < 4.78 is 31.2. The number of benzene rings is 1. The zero-order chi connectivity index (χ0) is 14.7. The fourth-order valence-corrected chi connectivity index (χ4v) is 2.27. The van der Waals surface area contributed by atoms with Crippen LogP contribution in [0.3, 0.4) is 0 Å². The second kappa shape index (κ2) is 6.17. The number of amides is 1. The van der Waals surface area contributed by atoms with Crippen LogP contribution in [-0.2, 0) is 4.79 Å². The van der Waals surface area contributed by atoms with Gasteiger partial charge in [-0.2, -0.15) is 0 Å². The van der Waals surface area contributed by atoms with Crippen molar-refractivity contribution in [2.75, 3.05) is 13.1 Å². The molecule has 1 aromatic rings. The first-order chi connectivity index (χ1) is 9.47. The zero-order valence-corrected chi connectivity index (χ0v) is 11.3. The molecule has 2 unspecified atom stereocenters. The highest BCUT2D eigenvalue weighted by Gasteiger charge is 2.26. The summed E-state index contributed by atoms with van der Waals surface area (Å²) in [5.41, 5.74) is 5.83. The summed E-state index contributed by atoms with van der Waals surface area (Å²) in [6.07, 6.45) is 1.01. The molecule has 1 aliphatic heterocycles. The van der Waals surface area contributed by atoms with Crippen molar-refractivity contribution in [1.29, 1.82) is 0 Å². The van der Waals surface area contributed by atoms with Gasteiger partial charge in [-0.05, 0) is 31.9 Å². The Labute approximate surface area is 116 Å². The topological polar surface area (TPSA) is 55.6 Å². The molecule has 0 saturated carbocycles. The van der Waals surface area contributed by atoms with Gasteiger partial charge in [0.05, 0.1) is 0 Å². The first-order valence-electron chi connectivity index (χ1n) is 6.63. The Hall–Kier alpha value is -1.69. The quantitative estimate of drug-likeness (QED) is 0.919. The van der Waals surface area contributed by atoms with E-state index in [1.807, 2.05) is 0 Å². The molecule has 20 heavy (non-hydrogen) atoms. The average Bonchev–Trinajstić information content (AvgIpc) is 2.42. The SMILES string of the molecule is CC(Oc1ccc(F)c(F)c1)C(=O)N1CCCC(N)C1. The van der Waals surface area contributed by atoms with Crippen LogP contribution in [0.1, 0.15) is 19.8 Å². The first kappa shape index (κ1) is 14.7. The van der Waals surface area contributed by atoms with Crippen LogP contribution in [0, 0.1) is 11.6 Å². The predicted octanol–water partition coefficient (Wildman–Crippen LogP) is 1.68. The zero-order valence-electron chi connectivity index (χ0n) is 11.3. The fraction of sp³-hybridized carbons (Fsp3) is 0.500. The van der Waals surface area contributed by atoms with Crippen LogP contribution in [0.15, 0.2) is 18.2 Å². The summed E-state index contributed by atoms with van der Waals surface area (Å²) in [4.78, 5) is 13.8. The summed E-state index contributed by atoms with van der Waals surface area (Å²) in [6.45, 7) is 2.74. The second-order valence-electron chi connectivity index (χ2n) is 5.02. The molecule has 0 aliphatic carbocycles. The van der Waals surface area contributed by atoms with Crippen molar-refractivity contribution in [2.24, 2.45) is 5.73 Å². The molecule has 0 bridgehead atoms. The summed E-state index contributed by atoms with van der Waals surface area (Å²) in [6, 6.07) is 3.19. The average molecular weight is 284 g/mol. The van der Waals surface area contributed by atoms with Gasteiger partial charge in [0.25, 0.3) is 5.91 Å². The van der Waals surface area contributed by atoms with Gasteiger partial charge in [-0.1, -0.05) is 0 Å². The Morgan fingerprint density at radius 1 is 1.45 bits per heavy atom. The minimum atomic E-state index is -0.998.